The summed E-state index contributed by atoms with van der Waals surface area (Å²) in [7, 11) is 1.68. The van der Waals surface area contributed by atoms with Crippen LogP contribution in [0.25, 0.3) is 0 Å². The monoisotopic (exact) mass is 253 g/mol. The Labute approximate surface area is 106 Å². The Hall–Kier alpha value is -1.78. The van der Waals surface area contributed by atoms with Crippen molar-refractivity contribution in [3.05, 3.63) is 24.2 Å². The molecule has 0 aromatic carbocycles. The Morgan fingerprint density at radius 2 is 2.06 bits per heavy atom. The maximum absolute atomic E-state index is 12.0. The van der Waals surface area contributed by atoms with Gasteiger partial charge in [0.1, 0.15) is 5.76 Å². The SMILES string of the molecule is CN(Cc1ccco1)C(=O)CC(C)(C)CC(=O)O. The van der Waals surface area contributed by atoms with E-state index < -0.39 is 11.4 Å². The summed E-state index contributed by atoms with van der Waals surface area (Å²) < 4.78 is 5.16. The van der Waals surface area contributed by atoms with Crippen LogP contribution < -0.4 is 0 Å². The number of hydrogen-bond donors (Lipinski definition) is 1. The summed E-state index contributed by atoms with van der Waals surface area (Å²) in [6, 6.07) is 3.56. The number of rotatable bonds is 6. The molecule has 1 amide bonds. The van der Waals surface area contributed by atoms with E-state index in [0.717, 1.165) is 0 Å². The Bertz CT molecular complexity index is 409. The number of carbonyl (C=O) groups excluding carboxylic acids is 1. The van der Waals surface area contributed by atoms with Gasteiger partial charge in [-0.2, -0.15) is 0 Å². The number of furan rings is 1. The first-order chi connectivity index (χ1) is 8.30. The van der Waals surface area contributed by atoms with Gasteiger partial charge in [0.05, 0.1) is 19.2 Å². The van der Waals surface area contributed by atoms with Gasteiger partial charge in [0.2, 0.25) is 5.91 Å². The summed E-state index contributed by atoms with van der Waals surface area (Å²) in [5, 5.41) is 8.77. The third-order valence-corrected chi connectivity index (χ3v) is 2.66. The van der Waals surface area contributed by atoms with E-state index in [-0.39, 0.29) is 18.7 Å². The molecule has 18 heavy (non-hydrogen) atoms. The highest BCUT2D eigenvalue weighted by molar-refractivity contribution is 5.77. The Morgan fingerprint density at radius 3 is 2.56 bits per heavy atom. The molecule has 0 bridgehead atoms. The van der Waals surface area contributed by atoms with Gasteiger partial charge >= 0.3 is 5.97 Å². The van der Waals surface area contributed by atoms with Gasteiger partial charge in [-0.1, -0.05) is 13.8 Å². The summed E-state index contributed by atoms with van der Waals surface area (Å²) >= 11 is 0. The maximum Gasteiger partial charge on any atom is 0.303 e. The maximum atomic E-state index is 12.0. The summed E-state index contributed by atoms with van der Waals surface area (Å²) in [5.74, 6) is -0.263. The Kier molecular flexibility index (Phi) is 4.53. The molecule has 0 saturated heterocycles. The molecule has 1 heterocycles. The quantitative estimate of drug-likeness (QED) is 0.843. The number of carboxylic acids is 1. The largest absolute Gasteiger partial charge is 0.481 e. The highest BCUT2D eigenvalue weighted by Crippen LogP contribution is 2.26. The Balaban J connectivity index is 2.51. The van der Waals surface area contributed by atoms with Crippen molar-refractivity contribution in [2.75, 3.05) is 7.05 Å². The first-order valence-corrected chi connectivity index (χ1v) is 5.78. The van der Waals surface area contributed by atoms with E-state index in [0.29, 0.717) is 12.3 Å². The lowest BCUT2D eigenvalue weighted by Gasteiger charge is -2.25. The van der Waals surface area contributed by atoms with Crippen LogP contribution in [0.3, 0.4) is 0 Å². The summed E-state index contributed by atoms with van der Waals surface area (Å²) in [6.45, 7) is 3.95. The van der Waals surface area contributed by atoms with Gasteiger partial charge < -0.3 is 14.4 Å². The molecule has 0 radical (unpaired) electrons. The van der Waals surface area contributed by atoms with E-state index >= 15 is 0 Å². The molecule has 1 aromatic heterocycles. The highest BCUT2D eigenvalue weighted by Gasteiger charge is 2.26. The smallest absolute Gasteiger partial charge is 0.303 e. The lowest BCUT2D eigenvalue weighted by Crippen LogP contribution is -2.31. The van der Waals surface area contributed by atoms with E-state index in [1.165, 1.54) is 0 Å². The lowest BCUT2D eigenvalue weighted by molar-refractivity contribution is -0.140. The van der Waals surface area contributed by atoms with Gasteiger partial charge in [-0.3, -0.25) is 9.59 Å². The predicted molar refractivity (Wildman–Crippen MR) is 65.8 cm³/mol. The van der Waals surface area contributed by atoms with Gasteiger partial charge in [-0.25, -0.2) is 0 Å². The van der Waals surface area contributed by atoms with E-state index in [1.54, 1.807) is 44.2 Å². The molecule has 1 N–H and O–H groups in total. The van der Waals surface area contributed by atoms with Crippen LogP contribution in [0, 0.1) is 5.41 Å². The van der Waals surface area contributed by atoms with Crippen molar-refractivity contribution in [1.29, 1.82) is 0 Å². The molecular formula is C13H19NO4. The predicted octanol–water partition coefficient (Wildman–Crippen LogP) is 2.13. The second kappa shape index (κ2) is 5.71. The first kappa shape index (κ1) is 14.3. The van der Waals surface area contributed by atoms with Gasteiger partial charge in [-0.15, -0.1) is 0 Å². The fraction of sp³-hybridized carbons (Fsp3) is 0.538. The van der Waals surface area contributed by atoms with E-state index in [1.807, 2.05) is 0 Å². The molecular weight excluding hydrogens is 234 g/mol. The van der Waals surface area contributed by atoms with Gasteiger partial charge in [0, 0.05) is 13.5 Å². The van der Waals surface area contributed by atoms with Crippen molar-refractivity contribution in [2.45, 2.75) is 33.2 Å². The second-order valence-corrected chi connectivity index (χ2v) is 5.24. The minimum atomic E-state index is -0.888. The number of nitrogens with zero attached hydrogens (tertiary/aromatic N) is 1. The van der Waals surface area contributed by atoms with E-state index in [9.17, 15) is 9.59 Å². The molecule has 0 atom stereocenters. The summed E-state index contributed by atoms with van der Waals surface area (Å²) in [6.07, 6.45) is 1.74. The van der Waals surface area contributed by atoms with Gasteiger partial charge in [-0.05, 0) is 17.5 Å². The standard InChI is InChI=1S/C13H19NO4/c1-13(2,8-12(16)17)7-11(15)14(3)9-10-5-4-6-18-10/h4-6H,7-9H2,1-3H3,(H,16,17). The third-order valence-electron chi connectivity index (χ3n) is 2.66. The minimum Gasteiger partial charge on any atom is -0.481 e. The van der Waals surface area contributed by atoms with Crippen molar-refractivity contribution in [3.63, 3.8) is 0 Å². The third kappa shape index (κ3) is 4.61. The van der Waals surface area contributed by atoms with Crippen molar-refractivity contribution in [2.24, 2.45) is 5.41 Å². The minimum absolute atomic E-state index is 0.0205. The number of carbonyl (C=O) groups is 2. The van der Waals surface area contributed by atoms with Crippen molar-refractivity contribution < 1.29 is 19.1 Å². The molecule has 100 valence electrons. The zero-order valence-corrected chi connectivity index (χ0v) is 11.0. The highest BCUT2D eigenvalue weighted by atomic mass is 16.4. The average molecular weight is 253 g/mol. The van der Waals surface area contributed by atoms with Crippen LogP contribution in [0.15, 0.2) is 22.8 Å². The first-order valence-electron chi connectivity index (χ1n) is 5.78. The van der Waals surface area contributed by atoms with Gasteiger partial charge in [0.15, 0.2) is 0 Å². The number of aliphatic carboxylic acids is 1. The Morgan fingerprint density at radius 1 is 1.39 bits per heavy atom. The van der Waals surface area contributed by atoms with Gasteiger partial charge in [0.25, 0.3) is 0 Å². The summed E-state index contributed by atoms with van der Waals surface area (Å²) in [5.41, 5.74) is -0.541. The molecule has 0 aliphatic carbocycles. The molecule has 0 spiro atoms. The van der Waals surface area contributed by atoms with Crippen LogP contribution in [0.1, 0.15) is 32.4 Å². The van der Waals surface area contributed by atoms with Crippen molar-refractivity contribution >= 4 is 11.9 Å². The fourth-order valence-corrected chi connectivity index (χ4v) is 1.74. The van der Waals surface area contributed by atoms with Crippen molar-refractivity contribution in [3.8, 4) is 0 Å². The van der Waals surface area contributed by atoms with E-state index in [4.69, 9.17) is 9.52 Å². The molecule has 0 unspecified atom stereocenters. The fourth-order valence-electron chi connectivity index (χ4n) is 1.74. The number of amides is 1. The van der Waals surface area contributed by atoms with Crippen LogP contribution >= 0.6 is 0 Å². The zero-order valence-electron chi connectivity index (χ0n) is 11.0. The second-order valence-electron chi connectivity index (χ2n) is 5.24. The van der Waals surface area contributed by atoms with Crippen LogP contribution in [-0.4, -0.2) is 28.9 Å². The summed E-state index contributed by atoms with van der Waals surface area (Å²) in [4.78, 5) is 24.2. The van der Waals surface area contributed by atoms with E-state index in [2.05, 4.69) is 0 Å². The number of carboxylic acid groups (broad SMARTS) is 1. The molecule has 0 saturated carbocycles. The van der Waals surface area contributed by atoms with Crippen LogP contribution in [0.2, 0.25) is 0 Å². The normalized spacial score (nSPS) is 11.3. The van der Waals surface area contributed by atoms with Crippen molar-refractivity contribution in [1.82, 2.24) is 4.90 Å². The average Bonchev–Trinajstić information content (AvgIpc) is 2.67. The van der Waals surface area contributed by atoms with Crippen LogP contribution in [0.4, 0.5) is 0 Å². The molecule has 5 heteroatoms. The van der Waals surface area contributed by atoms with Crippen LogP contribution in [0.5, 0.6) is 0 Å². The number of hydrogen-bond acceptors (Lipinski definition) is 3. The molecule has 0 aliphatic heterocycles. The molecule has 0 fully saturated rings. The van der Waals surface area contributed by atoms with Crippen LogP contribution in [-0.2, 0) is 16.1 Å². The molecule has 5 nitrogen and oxygen atoms in total. The zero-order chi connectivity index (χ0) is 13.8. The lowest BCUT2D eigenvalue weighted by atomic mass is 9.85. The topological polar surface area (TPSA) is 70.8 Å². The molecule has 0 aliphatic rings. The molecule has 1 rings (SSSR count). The molecule has 1 aromatic rings.